The summed E-state index contributed by atoms with van der Waals surface area (Å²) in [6.07, 6.45) is -1.38. The van der Waals surface area contributed by atoms with Gasteiger partial charge >= 0.3 is 0 Å². The van der Waals surface area contributed by atoms with Gasteiger partial charge in [0.15, 0.2) is 0 Å². The van der Waals surface area contributed by atoms with Crippen LogP contribution in [-0.4, -0.2) is 6.15 Å². The maximum atomic E-state index is 2.39. The fraction of sp³-hybridized carbons (Fsp3) is 0.205. The van der Waals surface area contributed by atoms with E-state index in [-0.39, 0.29) is 0 Å². The molecule has 0 saturated heterocycles. The molecule has 5 aromatic carbocycles. The van der Waals surface area contributed by atoms with Gasteiger partial charge in [0, 0.05) is 42.5 Å². The molecule has 0 unspecified atom stereocenters. The Bertz CT molecular complexity index is 1370. The monoisotopic (exact) mass is 522 g/mol. The van der Waals surface area contributed by atoms with Crippen LogP contribution in [-0.2, 0) is 0 Å². The van der Waals surface area contributed by atoms with Crippen molar-refractivity contribution < 1.29 is 0 Å². The zero-order valence-corrected chi connectivity index (χ0v) is 25.5. The van der Waals surface area contributed by atoms with E-state index in [2.05, 4.69) is 128 Å². The molecule has 0 heterocycles. The van der Waals surface area contributed by atoms with Gasteiger partial charge in [-0.05, 0) is 55.4 Å². The van der Waals surface area contributed by atoms with Crippen molar-refractivity contribution in [3.05, 3.63) is 160 Å². The summed E-state index contributed by atoms with van der Waals surface area (Å²) in [4.78, 5) is 0. The van der Waals surface area contributed by atoms with E-state index in [9.17, 15) is 0 Å². The molecule has 40 heavy (non-hydrogen) atoms. The molecule has 0 saturated carbocycles. The number of benzene rings is 4. The average Bonchev–Trinajstić information content (AvgIpc) is 3.21. The van der Waals surface area contributed by atoms with Gasteiger partial charge in [-0.3, -0.25) is 0 Å². The molecule has 5 aromatic rings. The van der Waals surface area contributed by atoms with E-state index >= 15 is 0 Å². The largest absolute Gasteiger partial charge is 0.192 e. The third-order valence-corrected chi connectivity index (χ3v) is 8.35. The van der Waals surface area contributed by atoms with Gasteiger partial charge in [0.2, 0.25) is 0 Å². The lowest BCUT2D eigenvalue weighted by Crippen LogP contribution is -2.76. The van der Waals surface area contributed by atoms with Gasteiger partial charge in [0.05, 0.1) is 0 Å². The summed E-state index contributed by atoms with van der Waals surface area (Å²) < 4.78 is 0. The summed E-state index contributed by atoms with van der Waals surface area (Å²) in [5.74, 6) is 0. The van der Waals surface area contributed by atoms with Crippen LogP contribution in [0.3, 0.4) is 0 Å². The summed E-state index contributed by atoms with van der Waals surface area (Å²) in [6.45, 7) is 17.9. The van der Waals surface area contributed by atoms with Gasteiger partial charge in [0.1, 0.15) is 6.15 Å². The zero-order chi connectivity index (χ0) is 28.9. The summed E-state index contributed by atoms with van der Waals surface area (Å²) in [7, 11) is 0. The van der Waals surface area contributed by atoms with Crippen LogP contribution < -0.4 is 21.9 Å². The third-order valence-electron chi connectivity index (χ3n) is 8.35. The molecule has 0 atom stereocenters. The highest BCUT2D eigenvalue weighted by Crippen LogP contribution is 2.19. The molecular weight excluding hydrogens is 479 g/mol. The van der Waals surface area contributed by atoms with Crippen molar-refractivity contribution in [3.8, 4) is 0 Å². The van der Waals surface area contributed by atoms with Crippen LogP contribution in [0.5, 0.6) is 0 Å². The second-order valence-electron chi connectivity index (χ2n) is 11.7. The van der Waals surface area contributed by atoms with Crippen molar-refractivity contribution in [1.29, 1.82) is 0 Å². The highest BCUT2D eigenvalue weighted by Gasteiger charge is 2.35. The minimum absolute atomic E-state index is 1.31. The Morgan fingerprint density at radius 1 is 0.375 bits per heavy atom. The van der Waals surface area contributed by atoms with Crippen LogP contribution in [0.15, 0.2) is 115 Å². The Balaban J connectivity index is 0.000000461. The second kappa shape index (κ2) is 12.5. The van der Waals surface area contributed by atoms with Crippen LogP contribution in [0.25, 0.3) is 0 Å². The molecule has 0 N–H and O–H groups in total. The van der Waals surface area contributed by atoms with Gasteiger partial charge in [-0.1, -0.05) is 117 Å². The van der Waals surface area contributed by atoms with Gasteiger partial charge < -0.3 is 0 Å². The van der Waals surface area contributed by atoms with Crippen molar-refractivity contribution in [2.75, 3.05) is 0 Å². The Kier molecular flexibility index (Phi) is 9.05. The van der Waals surface area contributed by atoms with E-state index in [4.69, 9.17) is 0 Å². The first-order valence-corrected chi connectivity index (χ1v) is 14.4. The zero-order valence-electron chi connectivity index (χ0n) is 25.5. The Morgan fingerprint density at radius 2 is 0.650 bits per heavy atom. The molecule has 0 aliphatic rings. The standard InChI is InChI=1S/C32H36B.C7H7/c1-21-9-13-29(25(5)17-21)33(30-14-10-22(2)18-26(30)6,31-15-11-23(3)19-27(31)7)32-16-12-24(4)20-28(32)8;1-2-4-6-7-5-3-1/h9-20H,1-8H3;1-7H/q-1;+1. The SMILES string of the molecule is Cc1ccc([B-](c2ccc(C)cc2C)(c2ccc(C)cc2C)c2ccc(C)cc2C)c(C)c1.c1ccc[cH+]cc1. The number of hydrogen-bond acceptors (Lipinski definition) is 0. The van der Waals surface area contributed by atoms with Crippen LogP contribution >= 0.6 is 0 Å². The van der Waals surface area contributed by atoms with Gasteiger partial charge in [0.25, 0.3) is 0 Å². The lowest BCUT2D eigenvalue weighted by Gasteiger charge is -2.48. The van der Waals surface area contributed by atoms with E-state index < -0.39 is 6.15 Å². The summed E-state index contributed by atoms with van der Waals surface area (Å²) in [5, 5.41) is 0. The third kappa shape index (κ3) is 5.95. The fourth-order valence-electron chi connectivity index (χ4n) is 6.70. The lowest BCUT2D eigenvalue weighted by molar-refractivity contribution is 1.37. The van der Waals surface area contributed by atoms with E-state index in [1.54, 1.807) is 0 Å². The second-order valence-corrected chi connectivity index (χ2v) is 11.7. The minimum Gasteiger partial charge on any atom is -0.192 e. The first-order valence-electron chi connectivity index (χ1n) is 14.4. The molecule has 0 spiro atoms. The first kappa shape index (κ1) is 29.0. The Morgan fingerprint density at radius 3 is 0.900 bits per heavy atom. The smallest absolute Gasteiger partial charge is 0.109 e. The van der Waals surface area contributed by atoms with Crippen LogP contribution in [0.1, 0.15) is 44.5 Å². The normalized spacial score (nSPS) is 11.0. The van der Waals surface area contributed by atoms with Crippen molar-refractivity contribution in [2.45, 2.75) is 55.4 Å². The van der Waals surface area contributed by atoms with Crippen LogP contribution in [0, 0.1) is 55.4 Å². The van der Waals surface area contributed by atoms with Crippen molar-refractivity contribution >= 4 is 28.0 Å². The molecule has 0 aliphatic carbocycles. The van der Waals surface area contributed by atoms with E-state index in [0.717, 1.165) is 0 Å². The van der Waals surface area contributed by atoms with Crippen LogP contribution in [0.2, 0.25) is 0 Å². The molecule has 202 valence electrons. The Labute approximate surface area is 242 Å². The van der Waals surface area contributed by atoms with Gasteiger partial charge in [-0.2, -0.15) is 21.9 Å². The summed E-state index contributed by atoms with van der Waals surface area (Å²) >= 11 is 0. The Hall–Kier alpha value is -3.97. The van der Waals surface area contributed by atoms with Crippen LogP contribution in [0.4, 0.5) is 0 Å². The molecule has 0 bridgehead atoms. The lowest BCUT2D eigenvalue weighted by atomic mass is 9.11. The quantitative estimate of drug-likeness (QED) is 0.169. The number of aryl methyl sites for hydroxylation is 8. The highest BCUT2D eigenvalue weighted by atomic mass is 14.2. The molecule has 0 fully saturated rings. The predicted molar refractivity (Wildman–Crippen MR) is 179 cm³/mol. The molecular formula is C39H43B. The minimum atomic E-state index is -1.38. The molecule has 0 nitrogen and oxygen atoms in total. The molecule has 0 aromatic heterocycles. The van der Waals surface area contributed by atoms with Crippen molar-refractivity contribution in [2.24, 2.45) is 0 Å². The van der Waals surface area contributed by atoms with Gasteiger partial charge in [-0.15, -0.1) is 0 Å². The number of hydrogen-bond donors (Lipinski definition) is 0. The molecule has 0 radical (unpaired) electrons. The van der Waals surface area contributed by atoms with Crippen molar-refractivity contribution in [1.82, 2.24) is 0 Å². The average molecular weight is 523 g/mol. The molecule has 1 heteroatoms. The first-order chi connectivity index (χ1) is 19.1. The molecule has 0 aliphatic heterocycles. The van der Waals surface area contributed by atoms with E-state index in [1.807, 2.05) is 42.5 Å². The molecule has 0 amide bonds. The maximum Gasteiger partial charge on any atom is 0.109 e. The number of rotatable bonds is 4. The predicted octanol–water partition coefficient (Wildman–Crippen LogP) is 7.50. The summed E-state index contributed by atoms with van der Waals surface area (Å²) in [6, 6.07) is 42.1. The fourth-order valence-corrected chi connectivity index (χ4v) is 6.70. The molecule has 5 rings (SSSR count). The van der Waals surface area contributed by atoms with E-state index in [1.165, 1.54) is 66.4 Å². The highest BCUT2D eigenvalue weighted by molar-refractivity contribution is 7.20. The topological polar surface area (TPSA) is 0 Å². The van der Waals surface area contributed by atoms with Crippen molar-refractivity contribution in [3.63, 3.8) is 0 Å². The maximum absolute atomic E-state index is 2.39. The van der Waals surface area contributed by atoms with Gasteiger partial charge in [-0.25, -0.2) is 0 Å². The summed E-state index contributed by atoms with van der Waals surface area (Å²) in [5.41, 5.74) is 16.3. The van der Waals surface area contributed by atoms with E-state index in [0.29, 0.717) is 0 Å².